The van der Waals surface area contributed by atoms with Crippen molar-refractivity contribution >= 4 is 39.8 Å². The van der Waals surface area contributed by atoms with Gasteiger partial charge in [-0.25, -0.2) is 8.42 Å². The molecule has 0 aliphatic heterocycles. The van der Waals surface area contributed by atoms with E-state index < -0.39 is 14.6 Å². The minimum Gasteiger partial charge on any atom is -0.361 e. The molecule has 9 heteroatoms. The number of nitrogens with zero attached hydrogens (tertiary/aromatic N) is 2. The number of aromatic nitrogens is 1. The number of aryl methyl sites for hydroxylation is 2. The van der Waals surface area contributed by atoms with Crippen LogP contribution >= 0.6 is 24.0 Å². The monoisotopic (exact) mass is 472 g/mol. The quantitative estimate of drug-likeness (QED) is 0.358. The fraction of sp³-hybridized carbons (Fsp3) is 0.733. The van der Waals surface area contributed by atoms with Crippen LogP contribution in [-0.4, -0.2) is 44.1 Å². The molecule has 0 radical (unpaired) electrons. The molecule has 0 spiro atoms. The summed E-state index contributed by atoms with van der Waals surface area (Å²) in [6.45, 7) is 8.23. The molecular formula is C15H29IN4O3S. The number of rotatable bonds is 7. The summed E-state index contributed by atoms with van der Waals surface area (Å²) in [5.74, 6) is 1.41. The standard InChI is InChI=1S/C15H28N4O3S.HI/c1-7-12-11(13(8-2)22-19-12)9-17-14(16-5)18-10-15(3,4)23(6,20)21;/h7-10H2,1-6H3,(H2,16,17,18);1H. The van der Waals surface area contributed by atoms with Crippen LogP contribution in [-0.2, 0) is 29.2 Å². The molecule has 24 heavy (non-hydrogen) atoms. The highest BCUT2D eigenvalue weighted by atomic mass is 127. The lowest BCUT2D eigenvalue weighted by molar-refractivity contribution is 0.380. The van der Waals surface area contributed by atoms with E-state index in [1.54, 1.807) is 20.9 Å². The van der Waals surface area contributed by atoms with E-state index in [1.165, 1.54) is 6.26 Å². The number of halogens is 1. The third-order valence-corrected chi connectivity index (χ3v) is 6.10. The Morgan fingerprint density at radius 2 is 1.88 bits per heavy atom. The molecule has 0 aliphatic rings. The molecule has 0 aliphatic carbocycles. The van der Waals surface area contributed by atoms with E-state index in [4.69, 9.17) is 4.52 Å². The fourth-order valence-corrected chi connectivity index (χ4v) is 2.29. The van der Waals surface area contributed by atoms with E-state index >= 15 is 0 Å². The average molecular weight is 472 g/mol. The van der Waals surface area contributed by atoms with Gasteiger partial charge in [-0.3, -0.25) is 4.99 Å². The zero-order valence-corrected chi connectivity index (χ0v) is 18.4. The number of hydrogen-bond acceptors (Lipinski definition) is 5. The van der Waals surface area contributed by atoms with Crippen LogP contribution in [0, 0.1) is 0 Å². The number of nitrogens with one attached hydrogen (secondary N) is 2. The van der Waals surface area contributed by atoms with Gasteiger partial charge in [0.25, 0.3) is 0 Å². The maximum Gasteiger partial charge on any atom is 0.191 e. The molecule has 0 saturated heterocycles. The Bertz CT molecular complexity index is 632. The van der Waals surface area contributed by atoms with Crippen LogP contribution in [0.2, 0.25) is 0 Å². The predicted molar refractivity (Wildman–Crippen MR) is 108 cm³/mol. The lowest BCUT2D eigenvalue weighted by Gasteiger charge is -2.24. The van der Waals surface area contributed by atoms with Crippen molar-refractivity contribution in [3.8, 4) is 0 Å². The zero-order chi connectivity index (χ0) is 17.7. The van der Waals surface area contributed by atoms with E-state index in [1.807, 2.05) is 13.8 Å². The molecule has 0 amide bonds. The molecule has 1 aromatic rings. The van der Waals surface area contributed by atoms with Crippen molar-refractivity contribution in [1.82, 2.24) is 15.8 Å². The first-order valence-electron chi connectivity index (χ1n) is 7.76. The molecule has 0 aromatic carbocycles. The topological polar surface area (TPSA) is 96.6 Å². The minimum absolute atomic E-state index is 0. The third kappa shape index (κ3) is 5.91. The van der Waals surface area contributed by atoms with Crippen LogP contribution in [0.4, 0.5) is 0 Å². The van der Waals surface area contributed by atoms with E-state index in [2.05, 4.69) is 20.8 Å². The minimum atomic E-state index is -3.16. The number of sulfone groups is 1. The van der Waals surface area contributed by atoms with Crippen molar-refractivity contribution in [2.45, 2.75) is 51.8 Å². The highest BCUT2D eigenvalue weighted by Gasteiger charge is 2.30. The lowest BCUT2D eigenvalue weighted by atomic mass is 10.1. The molecule has 7 nitrogen and oxygen atoms in total. The Hall–Kier alpha value is -0.840. The van der Waals surface area contributed by atoms with Gasteiger partial charge in [0.1, 0.15) is 5.76 Å². The smallest absolute Gasteiger partial charge is 0.191 e. The summed E-state index contributed by atoms with van der Waals surface area (Å²) < 4.78 is 28.0. The first-order valence-corrected chi connectivity index (χ1v) is 9.65. The first-order chi connectivity index (χ1) is 10.7. The van der Waals surface area contributed by atoms with Gasteiger partial charge in [-0.1, -0.05) is 19.0 Å². The van der Waals surface area contributed by atoms with E-state index in [0.29, 0.717) is 12.5 Å². The van der Waals surface area contributed by atoms with E-state index in [0.717, 1.165) is 29.9 Å². The second kappa shape index (κ2) is 9.59. The average Bonchev–Trinajstić information content (AvgIpc) is 2.88. The number of guanidine groups is 1. The van der Waals surface area contributed by atoms with Gasteiger partial charge < -0.3 is 15.2 Å². The van der Waals surface area contributed by atoms with Crippen LogP contribution in [0.1, 0.15) is 44.7 Å². The van der Waals surface area contributed by atoms with E-state index in [-0.39, 0.29) is 30.5 Å². The summed E-state index contributed by atoms with van der Waals surface area (Å²) in [6, 6.07) is 0. The number of hydrogen-bond donors (Lipinski definition) is 2. The van der Waals surface area contributed by atoms with Gasteiger partial charge in [-0.2, -0.15) is 0 Å². The summed E-state index contributed by atoms with van der Waals surface area (Å²) >= 11 is 0. The molecular weight excluding hydrogens is 443 g/mol. The van der Waals surface area contributed by atoms with Gasteiger partial charge in [0.05, 0.1) is 10.4 Å². The van der Waals surface area contributed by atoms with Crippen LogP contribution in [0.15, 0.2) is 9.52 Å². The molecule has 2 N–H and O–H groups in total. The van der Waals surface area contributed by atoms with E-state index in [9.17, 15) is 8.42 Å². The van der Waals surface area contributed by atoms with Gasteiger partial charge in [0, 0.05) is 38.4 Å². The molecule has 140 valence electrons. The summed E-state index contributed by atoms with van der Waals surface area (Å²) in [5.41, 5.74) is 1.97. The van der Waals surface area contributed by atoms with Crippen LogP contribution in [0.25, 0.3) is 0 Å². The van der Waals surface area contributed by atoms with Gasteiger partial charge >= 0.3 is 0 Å². The molecule has 1 aromatic heterocycles. The number of aliphatic imine (C=N–C) groups is 1. The highest BCUT2D eigenvalue weighted by Crippen LogP contribution is 2.16. The molecule has 0 fully saturated rings. The summed E-state index contributed by atoms with van der Waals surface area (Å²) in [7, 11) is -1.51. The molecule has 1 heterocycles. The molecule has 1 rings (SSSR count). The lowest BCUT2D eigenvalue weighted by Crippen LogP contribution is -2.47. The van der Waals surface area contributed by atoms with Crippen molar-refractivity contribution < 1.29 is 12.9 Å². The summed E-state index contributed by atoms with van der Waals surface area (Å²) in [5, 5.41) is 10.3. The zero-order valence-electron chi connectivity index (χ0n) is 15.3. The van der Waals surface area contributed by atoms with Gasteiger partial charge in [-0.15, -0.1) is 24.0 Å². The highest BCUT2D eigenvalue weighted by molar-refractivity contribution is 14.0. The molecule has 0 unspecified atom stereocenters. The SMILES string of the molecule is CCc1noc(CC)c1CNC(=NC)NCC(C)(C)S(C)(=O)=O.I. The largest absolute Gasteiger partial charge is 0.361 e. The second-order valence-corrected chi connectivity index (χ2v) is 8.70. The Morgan fingerprint density at radius 3 is 2.33 bits per heavy atom. The molecule has 0 bridgehead atoms. The Labute approximate surface area is 162 Å². The van der Waals surface area contributed by atoms with Crippen molar-refractivity contribution in [2.24, 2.45) is 4.99 Å². The molecule has 0 saturated carbocycles. The predicted octanol–water partition coefficient (Wildman–Crippen LogP) is 1.91. The van der Waals surface area contributed by atoms with Gasteiger partial charge in [0.15, 0.2) is 15.8 Å². The normalized spacial score (nSPS) is 12.7. The Morgan fingerprint density at radius 1 is 1.25 bits per heavy atom. The Kier molecular flexibility index (Phi) is 9.26. The van der Waals surface area contributed by atoms with Gasteiger partial charge in [-0.05, 0) is 20.3 Å². The summed E-state index contributed by atoms with van der Waals surface area (Å²) in [6.07, 6.45) is 2.81. The Balaban J connectivity index is 0.00000529. The van der Waals surface area contributed by atoms with Crippen LogP contribution in [0.3, 0.4) is 0 Å². The fourth-order valence-electron chi connectivity index (χ4n) is 1.96. The first kappa shape index (κ1) is 23.2. The van der Waals surface area contributed by atoms with Gasteiger partial charge in [0.2, 0.25) is 0 Å². The van der Waals surface area contributed by atoms with Crippen molar-refractivity contribution in [2.75, 3.05) is 19.8 Å². The van der Waals surface area contributed by atoms with Crippen LogP contribution in [0.5, 0.6) is 0 Å². The second-order valence-electron chi connectivity index (χ2n) is 6.05. The maximum atomic E-state index is 11.7. The maximum absolute atomic E-state index is 11.7. The van der Waals surface area contributed by atoms with Crippen molar-refractivity contribution in [3.05, 3.63) is 17.0 Å². The third-order valence-electron chi connectivity index (χ3n) is 3.95. The van der Waals surface area contributed by atoms with Crippen molar-refractivity contribution in [3.63, 3.8) is 0 Å². The van der Waals surface area contributed by atoms with Crippen molar-refractivity contribution in [1.29, 1.82) is 0 Å². The van der Waals surface area contributed by atoms with Crippen LogP contribution < -0.4 is 10.6 Å². The molecule has 0 atom stereocenters. The summed E-state index contributed by atoms with van der Waals surface area (Å²) in [4.78, 5) is 4.13.